The molecule has 0 saturated carbocycles. The minimum absolute atomic E-state index is 0.172. The van der Waals surface area contributed by atoms with E-state index in [-0.39, 0.29) is 11.8 Å². The molecule has 0 spiro atoms. The lowest BCUT2D eigenvalue weighted by molar-refractivity contribution is -0.134. The normalized spacial score (nSPS) is 14.3. The second kappa shape index (κ2) is 13.9. The Balaban J connectivity index is 0.000000840. The van der Waals surface area contributed by atoms with Crippen molar-refractivity contribution in [2.24, 2.45) is 15.9 Å². The van der Waals surface area contributed by atoms with E-state index in [1.807, 2.05) is 32.4 Å². The van der Waals surface area contributed by atoms with Gasteiger partial charge in [0.25, 0.3) is 0 Å². The van der Waals surface area contributed by atoms with Gasteiger partial charge < -0.3 is 9.64 Å². The largest absolute Gasteiger partial charge is 0.471 e. The molecule has 1 fully saturated rings. The van der Waals surface area contributed by atoms with Crippen molar-refractivity contribution in [2.75, 3.05) is 33.9 Å². The van der Waals surface area contributed by atoms with E-state index >= 15 is 0 Å². The molecule has 2 heterocycles. The van der Waals surface area contributed by atoms with Crippen molar-refractivity contribution in [3.63, 3.8) is 0 Å². The van der Waals surface area contributed by atoms with Crippen molar-refractivity contribution in [2.45, 2.75) is 25.8 Å². The fourth-order valence-electron chi connectivity index (χ4n) is 4.15. The van der Waals surface area contributed by atoms with Crippen LogP contribution < -0.4 is 4.74 Å². The van der Waals surface area contributed by atoms with E-state index < -0.39 is 0 Å². The van der Waals surface area contributed by atoms with E-state index in [9.17, 15) is 4.79 Å². The maximum atomic E-state index is 12.2. The zero-order valence-electron chi connectivity index (χ0n) is 21.3. The van der Waals surface area contributed by atoms with Crippen LogP contribution in [0.3, 0.4) is 0 Å². The second-order valence-electron chi connectivity index (χ2n) is 8.92. The van der Waals surface area contributed by atoms with Gasteiger partial charge in [-0.2, -0.15) is 5.10 Å². The van der Waals surface area contributed by atoms with Crippen LogP contribution in [0.2, 0.25) is 0 Å². The molecule has 0 unspecified atom stereocenters. The molecule has 0 radical (unpaired) electrons. The van der Waals surface area contributed by atoms with Gasteiger partial charge in [0, 0.05) is 57.3 Å². The molecule has 3 aromatic rings. The third kappa shape index (κ3) is 8.16. The standard InChI is InChI=1S/C25H31N5O2.C3H5N/c1-29(2)25(31)20-9-13-30(14-10-20)17-19-3-4-22-16-24(6-5-21(22)15-19)32-18-26-11-7-23-8-12-27-28-23;1-3-4-2/h3-6,8,11-12,15-16,20H,7,9-10,13-14,17-18H2,1-2H3,(H,27,28);3H,1-2H2/b26-11-;. The molecule has 0 aliphatic carbocycles. The van der Waals surface area contributed by atoms with Crippen LogP contribution >= 0.6 is 0 Å². The summed E-state index contributed by atoms with van der Waals surface area (Å²) in [4.78, 5) is 23.9. The summed E-state index contributed by atoms with van der Waals surface area (Å²) in [7, 11) is 3.69. The summed E-state index contributed by atoms with van der Waals surface area (Å²) >= 11 is 0. The Kier molecular flexibility index (Phi) is 10.4. The molecule has 1 N–H and O–H groups in total. The SMILES string of the molecule is C=CN=C.CN(C)C(=O)C1CCN(Cc2ccc3cc(OC/N=C\Cc4ccn[nH]4)ccc3c2)CC1. The molecule has 1 amide bonds. The molecule has 1 aliphatic heterocycles. The van der Waals surface area contributed by atoms with E-state index in [0.29, 0.717) is 13.2 Å². The van der Waals surface area contributed by atoms with Crippen LogP contribution in [0.4, 0.5) is 0 Å². The number of amides is 1. The van der Waals surface area contributed by atoms with Gasteiger partial charge in [0.05, 0.1) is 0 Å². The van der Waals surface area contributed by atoms with E-state index in [1.54, 1.807) is 11.1 Å². The van der Waals surface area contributed by atoms with Gasteiger partial charge in [-0.15, -0.1) is 0 Å². The predicted molar refractivity (Wildman–Crippen MR) is 147 cm³/mol. The van der Waals surface area contributed by atoms with Crippen molar-refractivity contribution in [1.82, 2.24) is 20.0 Å². The number of carbonyl (C=O) groups excluding carboxylic acids is 1. The lowest BCUT2D eigenvalue weighted by Crippen LogP contribution is -2.39. The number of carbonyl (C=O) groups is 1. The minimum Gasteiger partial charge on any atom is -0.471 e. The summed E-state index contributed by atoms with van der Waals surface area (Å²) in [5, 5.41) is 9.18. The van der Waals surface area contributed by atoms with E-state index in [2.05, 4.69) is 68.7 Å². The number of aliphatic imine (C=N–C) groups is 2. The van der Waals surface area contributed by atoms with Gasteiger partial charge in [-0.25, -0.2) is 0 Å². The summed E-state index contributed by atoms with van der Waals surface area (Å²) in [6.07, 6.45) is 7.55. The van der Waals surface area contributed by atoms with Crippen molar-refractivity contribution in [1.29, 1.82) is 0 Å². The van der Waals surface area contributed by atoms with Crippen LogP contribution in [0.1, 0.15) is 24.1 Å². The van der Waals surface area contributed by atoms with Gasteiger partial charge >= 0.3 is 0 Å². The Morgan fingerprint density at radius 2 is 1.92 bits per heavy atom. The highest BCUT2D eigenvalue weighted by molar-refractivity contribution is 5.84. The van der Waals surface area contributed by atoms with Gasteiger partial charge in [-0.1, -0.05) is 24.8 Å². The van der Waals surface area contributed by atoms with Crippen LogP contribution in [-0.4, -0.2) is 72.8 Å². The number of rotatable bonds is 9. The first-order valence-electron chi connectivity index (χ1n) is 12.1. The van der Waals surface area contributed by atoms with Crippen molar-refractivity contribution >= 4 is 29.6 Å². The number of H-pyrrole nitrogens is 1. The highest BCUT2D eigenvalue weighted by Gasteiger charge is 2.25. The highest BCUT2D eigenvalue weighted by atomic mass is 16.5. The Morgan fingerprint density at radius 1 is 1.19 bits per heavy atom. The third-order valence-electron chi connectivity index (χ3n) is 6.09. The number of nitrogens with zero attached hydrogens (tertiary/aromatic N) is 5. The topological polar surface area (TPSA) is 86.2 Å². The summed E-state index contributed by atoms with van der Waals surface area (Å²) in [6, 6.07) is 14.7. The number of hydrogen-bond donors (Lipinski definition) is 1. The number of piperidine rings is 1. The maximum absolute atomic E-state index is 12.2. The van der Waals surface area contributed by atoms with Gasteiger partial charge in [0.1, 0.15) is 5.75 Å². The van der Waals surface area contributed by atoms with E-state index in [4.69, 9.17) is 4.74 Å². The Morgan fingerprint density at radius 3 is 2.58 bits per heavy atom. The molecule has 2 aromatic carbocycles. The molecule has 190 valence electrons. The van der Waals surface area contributed by atoms with Crippen molar-refractivity contribution in [3.05, 3.63) is 72.7 Å². The number of hydrogen-bond acceptors (Lipinski definition) is 6. The number of likely N-dealkylation sites (tertiary alicyclic amines) is 1. The summed E-state index contributed by atoms with van der Waals surface area (Å²) < 4.78 is 5.77. The fraction of sp³-hybridized carbons (Fsp3) is 0.357. The number of benzene rings is 2. The van der Waals surface area contributed by atoms with E-state index in [1.165, 1.54) is 17.1 Å². The molecule has 8 nitrogen and oxygen atoms in total. The lowest BCUT2D eigenvalue weighted by Gasteiger charge is -2.32. The number of fused-ring (bicyclic) bond motifs is 1. The third-order valence-corrected chi connectivity index (χ3v) is 6.09. The first kappa shape index (κ1) is 26.8. The fourth-order valence-corrected chi connectivity index (χ4v) is 4.15. The van der Waals surface area contributed by atoms with Gasteiger partial charge in [-0.3, -0.25) is 24.8 Å². The van der Waals surface area contributed by atoms with Gasteiger partial charge in [-0.05, 0) is 73.3 Å². The molecule has 36 heavy (non-hydrogen) atoms. The van der Waals surface area contributed by atoms with Crippen molar-refractivity contribution in [3.8, 4) is 5.75 Å². The Labute approximate surface area is 213 Å². The van der Waals surface area contributed by atoms with Crippen LogP contribution in [0.15, 0.2) is 71.4 Å². The first-order chi connectivity index (χ1) is 17.5. The number of aromatic nitrogens is 2. The van der Waals surface area contributed by atoms with Crippen LogP contribution in [0.5, 0.6) is 5.75 Å². The van der Waals surface area contributed by atoms with Crippen LogP contribution in [0.25, 0.3) is 10.8 Å². The van der Waals surface area contributed by atoms with Gasteiger partial charge in [0.15, 0.2) is 6.73 Å². The zero-order chi connectivity index (χ0) is 25.8. The maximum Gasteiger partial charge on any atom is 0.225 e. The molecule has 0 bridgehead atoms. The Hall–Kier alpha value is -3.78. The molecule has 1 saturated heterocycles. The molecule has 4 rings (SSSR count). The quantitative estimate of drug-likeness (QED) is 0.454. The smallest absolute Gasteiger partial charge is 0.225 e. The van der Waals surface area contributed by atoms with Crippen LogP contribution in [0, 0.1) is 5.92 Å². The molecular formula is C28H36N6O2. The number of aromatic amines is 1. The average Bonchev–Trinajstić information content (AvgIpc) is 3.42. The summed E-state index contributed by atoms with van der Waals surface area (Å²) in [6.45, 7) is 9.51. The second-order valence-corrected chi connectivity index (χ2v) is 8.92. The summed E-state index contributed by atoms with van der Waals surface area (Å²) in [5.41, 5.74) is 2.33. The predicted octanol–water partition coefficient (Wildman–Crippen LogP) is 4.34. The van der Waals surface area contributed by atoms with E-state index in [0.717, 1.165) is 49.3 Å². The number of nitrogens with one attached hydrogen (secondary N) is 1. The molecule has 1 aromatic heterocycles. The highest BCUT2D eigenvalue weighted by Crippen LogP contribution is 2.24. The molecule has 8 heteroatoms. The Bertz CT molecular complexity index is 1140. The summed E-state index contributed by atoms with van der Waals surface area (Å²) in [5.74, 6) is 1.25. The molecule has 1 aliphatic rings. The van der Waals surface area contributed by atoms with Crippen molar-refractivity contribution < 1.29 is 9.53 Å². The monoisotopic (exact) mass is 488 g/mol. The lowest BCUT2D eigenvalue weighted by atomic mass is 9.95. The minimum atomic E-state index is 0.172. The van der Waals surface area contributed by atoms with Gasteiger partial charge in [0.2, 0.25) is 5.91 Å². The zero-order valence-corrected chi connectivity index (χ0v) is 21.3. The molecule has 0 atom stereocenters. The van der Waals surface area contributed by atoms with Crippen LogP contribution in [-0.2, 0) is 17.8 Å². The molecular weight excluding hydrogens is 452 g/mol. The number of ether oxygens (including phenoxy) is 1. The average molecular weight is 489 g/mol. The first-order valence-corrected chi connectivity index (χ1v) is 12.1.